The molecule has 2 fully saturated rings. The van der Waals surface area contributed by atoms with E-state index in [1.165, 1.54) is 0 Å². The normalized spacial score (nSPS) is 17.0. The molecule has 3 N–H and O–H groups in total. The SMILES string of the molecule is Cc1ccc(NC(=O)C2CC2)cc1NC(=O)CCNC(=O)C1CCCC1. The third kappa shape index (κ3) is 5.07. The number of anilines is 2. The molecule has 3 amide bonds. The number of carbonyl (C=O) groups is 3. The molecular weight excluding hydrogens is 330 g/mol. The first-order chi connectivity index (χ1) is 12.5. The summed E-state index contributed by atoms with van der Waals surface area (Å²) >= 11 is 0. The van der Waals surface area contributed by atoms with Crippen LogP contribution in [0.1, 0.15) is 50.5 Å². The monoisotopic (exact) mass is 357 g/mol. The lowest BCUT2D eigenvalue weighted by atomic mass is 10.1. The predicted molar refractivity (Wildman–Crippen MR) is 101 cm³/mol. The standard InChI is InChI=1S/C20H27N3O3/c1-13-6-9-16(22-20(26)15-7-8-15)12-17(13)23-18(24)10-11-21-19(25)14-4-2-3-5-14/h6,9,12,14-15H,2-5,7-8,10-11H2,1H3,(H,21,25)(H,22,26)(H,23,24). The molecule has 6 nitrogen and oxygen atoms in total. The summed E-state index contributed by atoms with van der Waals surface area (Å²) in [6.45, 7) is 2.25. The molecule has 0 aliphatic heterocycles. The molecule has 0 saturated heterocycles. The van der Waals surface area contributed by atoms with Gasteiger partial charge in [-0.3, -0.25) is 14.4 Å². The molecule has 0 spiro atoms. The fourth-order valence-electron chi connectivity index (χ4n) is 3.27. The topological polar surface area (TPSA) is 87.3 Å². The summed E-state index contributed by atoms with van der Waals surface area (Å²) < 4.78 is 0. The van der Waals surface area contributed by atoms with E-state index in [-0.39, 0.29) is 36.0 Å². The highest BCUT2D eigenvalue weighted by Gasteiger charge is 2.29. The van der Waals surface area contributed by atoms with Crippen molar-refractivity contribution >= 4 is 29.1 Å². The molecular formula is C20H27N3O3. The van der Waals surface area contributed by atoms with Crippen LogP contribution in [-0.2, 0) is 14.4 Å². The van der Waals surface area contributed by atoms with Gasteiger partial charge in [0.15, 0.2) is 0 Å². The summed E-state index contributed by atoms with van der Waals surface area (Å²) in [4.78, 5) is 36.0. The minimum absolute atomic E-state index is 0.0424. The number of hydrogen-bond acceptors (Lipinski definition) is 3. The number of aryl methyl sites for hydroxylation is 1. The summed E-state index contributed by atoms with van der Waals surface area (Å²) in [5.41, 5.74) is 2.31. The fraction of sp³-hybridized carbons (Fsp3) is 0.550. The zero-order valence-corrected chi connectivity index (χ0v) is 15.3. The maximum absolute atomic E-state index is 12.2. The molecule has 0 heterocycles. The number of rotatable bonds is 7. The lowest BCUT2D eigenvalue weighted by Gasteiger charge is -2.13. The van der Waals surface area contributed by atoms with Crippen molar-refractivity contribution in [2.24, 2.45) is 11.8 Å². The summed E-state index contributed by atoms with van der Waals surface area (Å²) in [7, 11) is 0. The van der Waals surface area contributed by atoms with Crippen molar-refractivity contribution in [1.29, 1.82) is 0 Å². The molecule has 0 bridgehead atoms. The van der Waals surface area contributed by atoms with Gasteiger partial charge in [0.2, 0.25) is 17.7 Å². The number of hydrogen-bond donors (Lipinski definition) is 3. The summed E-state index contributed by atoms with van der Waals surface area (Å²) in [6, 6.07) is 5.50. The van der Waals surface area contributed by atoms with Gasteiger partial charge in [-0.1, -0.05) is 18.9 Å². The molecule has 2 aliphatic rings. The molecule has 140 valence electrons. The molecule has 2 saturated carbocycles. The van der Waals surface area contributed by atoms with Gasteiger partial charge in [-0.05, 0) is 50.3 Å². The average molecular weight is 357 g/mol. The van der Waals surface area contributed by atoms with E-state index in [0.717, 1.165) is 44.1 Å². The van der Waals surface area contributed by atoms with E-state index in [1.54, 1.807) is 6.07 Å². The van der Waals surface area contributed by atoms with Crippen LogP contribution in [0.2, 0.25) is 0 Å². The van der Waals surface area contributed by atoms with Crippen LogP contribution in [0.3, 0.4) is 0 Å². The van der Waals surface area contributed by atoms with Crippen molar-refractivity contribution < 1.29 is 14.4 Å². The van der Waals surface area contributed by atoms with Crippen molar-refractivity contribution in [3.05, 3.63) is 23.8 Å². The summed E-state index contributed by atoms with van der Waals surface area (Å²) in [5.74, 6) is 0.215. The van der Waals surface area contributed by atoms with E-state index in [0.29, 0.717) is 17.9 Å². The Kier molecular flexibility index (Phi) is 5.91. The van der Waals surface area contributed by atoms with E-state index >= 15 is 0 Å². The minimum atomic E-state index is -0.148. The second kappa shape index (κ2) is 8.34. The number of nitrogens with one attached hydrogen (secondary N) is 3. The molecule has 2 aliphatic carbocycles. The van der Waals surface area contributed by atoms with E-state index in [2.05, 4.69) is 16.0 Å². The van der Waals surface area contributed by atoms with Gasteiger partial charge in [0.1, 0.15) is 0 Å². The van der Waals surface area contributed by atoms with Crippen molar-refractivity contribution in [3.8, 4) is 0 Å². The predicted octanol–water partition coefficient (Wildman–Crippen LogP) is 2.98. The highest BCUT2D eigenvalue weighted by Crippen LogP contribution is 2.31. The fourth-order valence-corrected chi connectivity index (χ4v) is 3.27. The van der Waals surface area contributed by atoms with Crippen molar-refractivity contribution in [3.63, 3.8) is 0 Å². The largest absolute Gasteiger partial charge is 0.355 e. The Balaban J connectivity index is 1.46. The number of benzene rings is 1. The van der Waals surface area contributed by atoms with Gasteiger partial charge in [-0.25, -0.2) is 0 Å². The molecule has 3 rings (SSSR count). The van der Waals surface area contributed by atoms with Crippen LogP contribution >= 0.6 is 0 Å². The molecule has 1 aromatic rings. The van der Waals surface area contributed by atoms with Gasteiger partial charge < -0.3 is 16.0 Å². The van der Waals surface area contributed by atoms with Crippen LogP contribution < -0.4 is 16.0 Å². The Bertz CT molecular complexity index is 692. The molecule has 0 radical (unpaired) electrons. The molecule has 1 aromatic carbocycles. The summed E-state index contributed by atoms with van der Waals surface area (Å²) in [5, 5.41) is 8.61. The maximum Gasteiger partial charge on any atom is 0.227 e. The lowest BCUT2D eigenvalue weighted by Crippen LogP contribution is -2.32. The van der Waals surface area contributed by atoms with Gasteiger partial charge in [-0.15, -0.1) is 0 Å². The number of amides is 3. The van der Waals surface area contributed by atoms with Crippen LogP contribution in [0, 0.1) is 18.8 Å². The first-order valence-electron chi connectivity index (χ1n) is 9.52. The van der Waals surface area contributed by atoms with Gasteiger partial charge in [-0.2, -0.15) is 0 Å². The van der Waals surface area contributed by atoms with Gasteiger partial charge in [0.25, 0.3) is 0 Å². The van der Waals surface area contributed by atoms with E-state index in [1.807, 2.05) is 19.1 Å². The number of carbonyl (C=O) groups excluding carboxylic acids is 3. The summed E-state index contributed by atoms with van der Waals surface area (Å²) in [6.07, 6.45) is 6.28. The molecule has 0 atom stereocenters. The third-order valence-electron chi connectivity index (χ3n) is 5.10. The van der Waals surface area contributed by atoms with E-state index < -0.39 is 0 Å². The molecule has 0 unspecified atom stereocenters. The molecule has 0 aromatic heterocycles. The molecule has 6 heteroatoms. The highest BCUT2D eigenvalue weighted by atomic mass is 16.2. The first kappa shape index (κ1) is 18.4. The highest BCUT2D eigenvalue weighted by molar-refractivity contribution is 5.96. The second-order valence-corrected chi connectivity index (χ2v) is 7.36. The Morgan fingerprint density at radius 3 is 2.35 bits per heavy atom. The van der Waals surface area contributed by atoms with Crippen molar-refractivity contribution in [2.75, 3.05) is 17.2 Å². The second-order valence-electron chi connectivity index (χ2n) is 7.36. The van der Waals surface area contributed by atoms with Crippen LogP contribution in [0.15, 0.2) is 18.2 Å². The van der Waals surface area contributed by atoms with Crippen LogP contribution in [0.25, 0.3) is 0 Å². The van der Waals surface area contributed by atoms with E-state index in [4.69, 9.17) is 0 Å². The van der Waals surface area contributed by atoms with Crippen LogP contribution in [0.4, 0.5) is 11.4 Å². The van der Waals surface area contributed by atoms with Crippen LogP contribution in [-0.4, -0.2) is 24.3 Å². The smallest absolute Gasteiger partial charge is 0.227 e. The maximum atomic E-state index is 12.2. The zero-order chi connectivity index (χ0) is 18.5. The van der Waals surface area contributed by atoms with E-state index in [9.17, 15) is 14.4 Å². The Morgan fingerprint density at radius 1 is 0.962 bits per heavy atom. The van der Waals surface area contributed by atoms with Gasteiger partial charge >= 0.3 is 0 Å². The molecule has 26 heavy (non-hydrogen) atoms. The minimum Gasteiger partial charge on any atom is -0.355 e. The Labute approximate surface area is 154 Å². The quantitative estimate of drug-likeness (QED) is 0.701. The first-order valence-corrected chi connectivity index (χ1v) is 9.52. The van der Waals surface area contributed by atoms with Crippen molar-refractivity contribution in [2.45, 2.75) is 51.9 Å². The Hall–Kier alpha value is -2.37. The third-order valence-corrected chi connectivity index (χ3v) is 5.10. The van der Waals surface area contributed by atoms with Gasteiger partial charge in [0, 0.05) is 36.2 Å². The van der Waals surface area contributed by atoms with Crippen LogP contribution in [0.5, 0.6) is 0 Å². The average Bonchev–Trinajstić information content (AvgIpc) is 3.32. The zero-order valence-electron chi connectivity index (χ0n) is 15.3. The lowest BCUT2D eigenvalue weighted by molar-refractivity contribution is -0.125. The van der Waals surface area contributed by atoms with Crippen molar-refractivity contribution in [1.82, 2.24) is 5.32 Å². The Morgan fingerprint density at radius 2 is 1.65 bits per heavy atom. The van der Waals surface area contributed by atoms with Gasteiger partial charge in [0.05, 0.1) is 0 Å².